The average Bonchev–Trinajstić information content (AvgIpc) is 1.98. The highest BCUT2D eigenvalue weighted by Crippen LogP contribution is 2.08. The molecule has 0 radical (unpaired) electrons. The average molecular weight is 179 g/mol. The molecule has 0 amide bonds. The van der Waals surface area contributed by atoms with Crippen LogP contribution in [0.1, 0.15) is 29.7 Å². The molecule has 1 heterocycles. The number of aryl methyl sites for hydroxylation is 2. The van der Waals surface area contributed by atoms with Crippen LogP contribution in [0.5, 0.6) is 0 Å². The summed E-state index contributed by atoms with van der Waals surface area (Å²) in [5.41, 5.74) is 8.97. The largest absolute Gasteiger partial charge is 0.328 e. The van der Waals surface area contributed by atoms with E-state index in [0.29, 0.717) is 0 Å². The first-order valence-electron chi connectivity index (χ1n) is 4.57. The van der Waals surface area contributed by atoms with E-state index in [4.69, 9.17) is 5.73 Å². The molecule has 1 aromatic heterocycles. The molecule has 0 fully saturated rings. The van der Waals surface area contributed by atoms with Gasteiger partial charge in [0.2, 0.25) is 0 Å². The van der Waals surface area contributed by atoms with E-state index >= 15 is 0 Å². The summed E-state index contributed by atoms with van der Waals surface area (Å²) in [7, 11) is 0. The van der Waals surface area contributed by atoms with Crippen LogP contribution in [-0.4, -0.2) is 16.0 Å². The maximum absolute atomic E-state index is 5.68. The zero-order valence-electron chi connectivity index (χ0n) is 8.76. The molecular formula is C10H17N3. The molecule has 2 N–H and O–H groups in total. The van der Waals surface area contributed by atoms with Gasteiger partial charge in [0.15, 0.2) is 0 Å². The third-order valence-electron chi connectivity index (χ3n) is 2.18. The SMILES string of the molecule is Cc1nc(CC(C)N)nc(C)c1C. The van der Waals surface area contributed by atoms with Gasteiger partial charge in [-0.15, -0.1) is 0 Å². The van der Waals surface area contributed by atoms with Gasteiger partial charge in [0, 0.05) is 23.9 Å². The van der Waals surface area contributed by atoms with Crippen LogP contribution < -0.4 is 5.73 Å². The molecule has 1 rings (SSSR count). The van der Waals surface area contributed by atoms with E-state index in [1.54, 1.807) is 0 Å². The molecule has 0 aliphatic rings. The van der Waals surface area contributed by atoms with Crippen LogP contribution in [0.2, 0.25) is 0 Å². The van der Waals surface area contributed by atoms with Crippen molar-refractivity contribution in [2.45, 2.75) is 40.2 Å². The van der Waals surface area contributed by atoms with E-state index < -0.39 is 0 Å². The number of nitrogens with zero attached hydrogens (tertiary/aromatic N) is 2. The van der Waals surface area contributed by atoms with Crippen LogP contribution in [0.25, 0.3) is 0 Å². The molecule has 0 aliphatic carbocycles. The van der Waals surface area contributed by atoms with E-state index in [1.165, 1.54) is 5.56 Å². The summed E-state index contributed by atoms with van der Waals surface area (Å²) in [4.78, 5) is 8.77. The highest BCUT2D eigenvalue weighted by molar-refractivity contribution is 5.22. The fourth-order valence-corrected chi connectivity index (χ4v) is 1.22. The van der Waals surface area contributed by atoms with Crippen molar-refractivity contribution < 1.29 is 0 Å². The maximum Gasteiger partial charge on any atom is 0.130 e. The van der Waals surface area contributed by atoms with Crippen LogP contribution in [0.3, 0.4) is 0 Å². The first-order chi connectivity index (χ1) is 6.00. The second kappa shape index (κ2) is 3.83. The summed E-state index contributed by atoms with van der Waals surface area (Å²) in [6.45, 7) is 8.03. The fraction of sp³-hybridized carbons (Fsp3) is 0.600. The Morgan fingerprint density at radius 1 is 1.15 bits per heavy atom. The van der Waals surface area contributed by atoms with Gasteiger partial charge in [-0.1, -0.05) is 0 Å². The fourth-order valence-electron chi connectivity index (χ4n) is 1.22. The molecule has 0 saturated carbocycles. The lowest BCUT2D eigenvalue weighted by atomic mass is 10.2. The topological polar surface area (TPSA) is 51.8 Å². The molecule has 13 heavy (non-hydrogen) atoms. The van der Waals surface area contributed by atoms with Crippen molar-refractivity contribution in [1.82, 2.24) is 9.97 Å². The Balaban J connectivity index is 2.99. The van der Waals surface area contributed by atoms with Crippen molar-refractivity contribution in [3.63, 3.8) is 0 Å². The van der Waals surface area contributed by atoms with Crippen LogP contribution in [0.4, 0.5) is 0 Å². The highest BCUT2D eigenvalue weighted by Gasteiger charge is 2.05. The van der Waals surface area contributed by atoms with E-state index in [0.717, 1.165) is 23.6 Å². The monoisotopic (exact) mass is 179 g/mol. The molecule has 0 saturated heterocycles. The minimum absolute atomic E-state index is 0.126. The Hall–Kier alpha value is -0.960. The third-order valence-corrected chi connectivity index (χ3v) is 2.18. The standard InChI is InChI=1S/C10H17N3/c1-6(11)5-10-12-8(3)7(2)9(4)13-10/h6H,5,11H2,1-4H3. The minimum Gasteiger partial charge on any atom is -0.328 e. The molecule has 3 nitrogen and oxygen atoms in total. The Kier molecular flexibility index (Phi) is 2.98. The molecule has 0 aliphatic heterocycles. The van der Waals surface area contributed by atoms with Gasteiger partial charge >= 0.3 is 0 Å². The second-order valence-electron chi connectivity index (χ2n) is 3.62. The van der Waals surface area contributed by atoms with E-state index in [-0.39, 0.29) is 6.04 Å². The summed E-state index contributed by atoms with van der Waals surface area (Å²) >= 11 is 0. The highest BCUT2D eigenvalue weighted by atomic mass is 14.9. The predicted octanol–water partition coefficient (Wildman–Crippen LogP) is 1.29. The second-order valence-corrected chi connectivity index (χ2v) is 3.62. The van der Waals surface area contributed by atoms with Gasteiger partial charge in [-0.2, -0.15) is 0 Å². The van der Waals surface area contributed by atoms with Gasteiger partial charge in [-0.3, -0.25) is 0 Å². The molecule has 72 valence electrons. The van der Waals surface area contributed by atoms with Crippen molar-refractivity contribution >= 4 is 0 Å². The van der Waals surface area contributed by atoms with E-state index in [9.17, 15) is 0 Å². The number of nitrogens with two attached hydrogens (primary N) is 1. The van der Waals surface area contributed by atoms with Crippen LogP contribution in [0, 0.1) is 20.8 Å². The Labute approximate surface area is 79.4 Å². The zero-order valence-corrected chi connectivity index (χ0v) is 8.76. The van der Waals surface area contributed by atoms with Crippen molar-refractivity contribution in [3.05, 3.63) is 22.8 Å². The van der Waals surface area contributed by atoms with Crippen molar-refractivity contribution in [2.24, 2.45) is 5.73 Å². The summed E-state index contributed by atoms with van der Waals surface area (Å²) in [5.74, 6) is 0.857. The Morgan fingerprint density at radius 2 is 1.62 bits per heavy atom. The number of rotatable bonds is 2. The summed E-state index contributed by atoms with van der Waals surface area (Å²) < 4.78 is 0. The van der Waals surface area contributed by atoms with Gasteiger partial charge in [0.1, 0.15) is 5.82 Å². The van der Waals surface area contributed by atoms with Gasteiger partial charge in [-0.05, 0) is 33.3 Å². The number of hydrogen-bond acceptors (Lipinski definition) is 3. The normalized spacial score (nSPS) is 13.0. The van der Waals surface area contributed by atoms with Gasteiger partial charge in [0.25, 0.3) is 0 Å². The lowest BCUT2D eigenvalue weighted by Gasteiger charge is -2.08. The summed E-state index contributed by atoms with van der Waals surface area (Å²) in [6, 6.07) is 0.126. The van der Waals surface area contributed by atoms with Crippen LogP contribution >= 0.6 is 0 Å². The Morgan fingerprint density at radius 3 is 2.00 bits per heavy atom. The zero-order chi connectivity index (χ0) is 10.0. The van der Waals surface area contributed by atoms with Crippen molar-refractivity contribution in [1.29, 1.82) is 0 Å². The number of aromatic nitrogens is 2. The van der Waals surface area contributed by atoms with Crippen molar-refractivity contribution in [3.8, 4) is 0 Å². The van der Waals surface area contributed by atoms with Crippen molar-refractivity contribution in [2.75, 3.05) is 0 Å². The van der Waals surface area contributed by atoms with E-state index in [2.05, 4.69) is 9.97 Å². The number of hydrogen-bond donors (Lipinski definition) is 1. The van der Waals surface area contributed by atoms with Crippen LogP contribution in [-0.2, 0) is 6.42 Å². The molecule has 0 bridgehead atoms. The lowest BCUT2D eigenvalue weighted by molar-refractivity contribution is 0.693. The summed E-state index contributed by atoms with van der Waals surface area (Å²) in [5, 5.41) is 0. The maximum atomic E-state index is 5.68. The third kappa shape index (κ3) is 2.49. The minimum atomic E-state index is 0.126. The molecular weight excluding hydrogens is 162 g/mol. The van der Waals surface area contributed by atoms with E-state index in [1.807, 2.05) is 27.7 Å². The predicted molar refractivity (Wildman–Crippen MR) is 53.6 cm³/mol. The quantitative estimate of drug-likeness (QED) is 0.744. The molecule has 1 aromatic rings. The van der Waals surface area contributed by atoms with Gasteiger partial charge < -0.3 is 5.73 Å². The Bertz CT molecular complexity index is 282. The van der Waals surface area contributed by atoms with Gasteiger partial charge in [0.05, 0.1) is 0 Å². The van der Waals surface area contributed by atoms with Crippen LogP contribution in [0.15, 0.2) is 0 Å². The first-order valence-corrected chi connectivity index (χ1v) is 4.57. The molecule has 0 aromatic carbocycles. The van der Waals surface area contributed by atoms with Gasteiger partial charge in [-0.25, -0.2) is 9.97 Å². The molecule has 1 unspecified atom stereocenters. The summed E-state index contributed by atoms with van der Waals surface area (Å²) in [6.07, 6.45) is 0.752. The lowest BCUT2D eigenvalue weighted by Crippen LogP contribution is -2.20. The first kappa shape index (κ1) is 10.1. The smallest absolute Gasteiger partial charge is 0.130 e. The molecule has 3 heteroatoms. The molecule has 0 spiro atoms. The molecule has 1 atom stereocenters.